The van der Waals surface area contributed by atoms with Crippen LogP contribution < -0.4 is 0 Å². The lowest BCUT2D eigenvalue weighted by atomic mass is 10.2. The first-order chi connectivity index (χ1) is 9.60. The Kier molecular flexibility index (Phi) is 5.51. The Morgan fingerprint density at radius 2 is 2.15 bits per heavy atom. The van der Waals surface area contributed by atoms with Gasteiger partial charge in [-0.05, 0) is 19.8 Å². The largest absolute Gasteiger partial charge is 0.384 e. The van der Waals surface area contributed by atoms with E-state index in [4.69, 9.17) is 0 Å². The molecular weight excluding hydrogens is 274 g/mol. The lowest BCUT2D eigenvalue weighted by Crippen LogP contribution is -2.50. The molecule has 1 unspecified atom stereocenters. The molecule has 0 aromatic carbocycles. The van der Waals surface area contributed by atoms with Gasteiger partial charge in [-0.1, -0.05) is 6.92 Å². The number of rotatable bonds is 5. The lowest BCUT2D eigenvalue weighted by molar-refractivity contribution is -0.141. The fraction of sp³-hybridized carbons (Fsp3) is 0.714. The van der Waals surface area contributed by atoms with Crippen LogP contribution in [0.4, 0.5) is 0 Å². The van der Waals surface area contributed by atoms with E-state index in [0.717, 1.165) is 38.2 Å². The number of aryl methyl sites for hydroxylation is 1. The number of nitrogens with zero attached hydrogens (tertiary/aromatic N) is 3. The summed E-state index contributed by atoms with van der Waals surface area (Å²) in [5.74, 6) is -0.163. The molecule has 1 aliphatic rings. The van der Waals surface area contributed by atoms with E-state index < -0.39 is 6.10 Å². The SMILES string of the molecule is CCCc1nc(CN2CCN(C(=O)C(C)O)CC2)cs1. The second kappa shape index (κ2) is 7.15. The summed E-state index contributed by atoms with van der Waals surface area (Å²) in [5, 5.41) is 12.7. The molecule has 0 saturated carbocycles. The van der Waals surface area contributed by atoms with Gasteiger partial charge in [-0.25, -0.2) is 4.98 Å². The number of hydrogen-bond donors (Lipinski definition) is 1. The van der Waals surface area contributed by atoms with Crippen molar-refractivity contribution in [3.05, 3.63) is 16.1 Å². The second-order valence-electron chi connectivity index (χ2n) is 5.26. The van der Waals surface area contributed by atoms with E-state index in [1.165, 1.54) is 11.9 Å². The number of thiazole rings is 1. The molecule has 0 aliphatic carbocycles. The number of hydrogen-bond acceptors (Lipinski definition) is 5. The zero-order chi connectivity index (χ0) is 14.5. The third-order valence-electron chi connectivity index (χ3n) is 3.49. The van der Waals surface area contributed by atoms with Crippen LogP contribution >= 0.6 is 11.3 Å². The Bertz CT molecular complexity index is 439. The first-order valence-corrected chi connectivity index (χ1v) is 8.10. The van der Waals surface area contributed by atoms with Gasteiger partial charge in [0.15, 0.2) is 0 Å². The predicted octanol–water partition coefficient (Wildman–Crippen LogP) is 1.12. The fourth-order valence-corrected chi connectivity index (χ4v) is 3.26. The molecule has 112 valence electrons. The van der Waals surface area contributed by atoms with Crippen molar-refractivity contribution in [2.24, 2.45) is 0 Å². The molecule has 1 aliphatic heterocycles. The van der Waals surface area contributed by atoms with E-state index in [0.29, 0.717) is 13.1 Å². The highest BCUT2D eigenvalue weighted by Gasteiger charge is 2.23. The maximum Gasteiger partial charge on any atom is 0.251 e. The van der Waals surface area contributed by atoms with Crippen molar-refractivity contribution in [2.45, 2.75) is 39.3 Å². The lowest BCUT2D eigenvalue weighted by Gasteiger charge is -2.34. The van der Waals surface area contributed by atoms with Gasteiger partial charge in [-0.3, -0.25) is 9.69 Å². The van der Waals surface area contributed by atoms with Gasteiger partial charge in [-0.15, -0.1) is 11.3 Å². The number of carbonyl (C=O) groups excluding carboxylic acids is 1. The van der Waals surface area contributed by atoms with Gasteiger partial charge in [0.1, 0.15) is 6.10 Å². The van der Waals surface area contributed by atoms with Crippen molar-refractivity contribution in [1.29, 1.82) is 0 Å². The predicted molar refractivity (Wildman–Crippen MR) is 79.6 cm³/mol. The van der Waals surface area contributed by atoms with Gasteiger partial charge in [0.2, 0.25) is 0 Å². The highest BCUT2D eigenvalue weighted by atomic mass is 32.1. The molecule has 2 rings (SSSR count). The van der Waals surface area contributed by atoms with Crippen LogP contribution in [0.5, 0.6) is 0 Å². The highest BCUT2D eigenvalue weighted by molar-refractivity contribution is 7.09. The van der Waals surface area contributed by atoms with Crippen LogP contribution in [0.1, 0.15) is 31.0 Å². The molecule has 0 spiro atoms. The van der Waals surface area contributed by atoms with Crippen molar-refractivity contribution in [3.8, 4) is 0 Å². The van der Waals surface area contributed by atoms with Gasteiger partial charge in [0.25, 0.3) is 5.91 Å². The number of piperazine rings is 1. The Morgan fingerprint density at radius 1 is 1.45 bits per heavy atom. The molecule has 1 N–H and O–H groups in total. The maximum absolute atomic E-state index is 11.7. The Morgan fingerprint density at radius 3 is 2.75 bits per heavy atom. The number of aromatic nitrogens is 1. The highest BCUT2D eigenvalue weighted by Crippen LogP contribution is 2.14. The maximum atomic E-state index is 11.7. The summed E-state index contributed by atoms with van der Waals surface area (Å²) < 4.78 is 0. The zero-order valence-electron chi connectivity index (χ0n) is 12.2. The van der Waals surface area contributed by atoms with Crippen LogP contribution in [0.2, 0.25) is 0 Å². The number of carbonyl (C=O) groups is 1. The zero-order valence-corrected chi connectivity index (χ0v) is 13.0. The van der Waals surface area contributed by atoms with E-state index in [-0.39, 0.29) is 5.91 Å². The van der Waals surface area contributed by atoms with Crippen molar-refractivity contribution < 1.29 is 9.90 Å². The fourth-order valence-electron chi connectivity index (χ4n) is 2.37. The van der Waals surface area contributed by atoms with Crippen molar-refractivity contribution in [1.82, 2.24) is 14.8 Å². The molecule has 1 saturated heterocycles. The summed E-state index contributed by atoms with van der Waals surface area (Å²) in [4.78, 5) is 20.4. The molecule has 5 nitrogen and oxygen atoms in total. The van der Waals surface area contributed by atoms with Crippen LogP contribution in [0.15, 0.2) is 5.38 Å². The van der Waals surface area contributed by atoms with E-state index in [9.17, 15) is 9.90 Å². The molecule has 1 fully saturated rings. The van der Waals surface area contributed by atoms with Crippen LogP contribution in [0, 0.1) is 0 Å². The normalized spacial score (nSPS) is 18.2. The molecule has 0 radical (unpaired) electrons. The van der Waals surface area contributed by atoms with Gasteiger partial charge < -0.3 is 10.0 Å². The molecule has 6 heteroatoms. The standard InChI is InChI=1S/C14H23N3O2S/c1-3-4-13-15-12(10-20-13)9-16-5-7-17(8-6-16)14(19)11(2)18/h10-11,18H,3-9H2,1-2H3. The molecule has 20 heavy (non-hydrogen) atoms. The third-order valence-corrected chi connectivity index (χ3v) is 4.45. The molecule has 1 atom stereocenters. The Balaban J connectivity index is 1.80. The van der Waals surface area contributed by atoms with E-state index >= 15 is 0 Å². The van der Waals surface area contributed by atoms with Crippen LogP contribution in [-0.2, 0) is 17.8 Å². The molecule has 2 heterocycles. The van der Waals surface area contributed by atoms with Crippen LogP contribution in [0.25, 0.3) is 0 Å². The summed E-state index contributed by atoms with van der Waals surface area (Å²) in [7, 11) is 0. The smallest absolute Gasteiger partial charge is 0.251 e. The monoisotopic (exact) mass is 297 g/mol. The van der Waals surface area contributed by atoms with Crippen molar-refractivity contribution in [3.63, 3.8) is 0 Å². The van der Waals surface area contributed by atoms with E-state index in [1.54, 1.807) is 16.2 Å². The van der Waals surface area contributed by atoms with Gasteiger partial charge in [0, 0.05) is 38.1 Å². The number of aliphatic hydroxyl groups excluding tert-OH is 1. The summed E-state index contributed by atoms with van der Waals surface area (Å²) >= 11 is 1.74. The van der Waals surface area contributed by atoms with Crippen LogP contribution in [0.3, 0.4) is 0 Å². The number of aliphatic hydroxyl groups is 1. The molecule has 0 bridgehead atoms. The average Bonchev–Trinajstić information content (AvgIpc) is 2.86. The van der Waals surface area contributed by atoms with Gasteiger partial charge in [0.05, 0.1) is 10.7 Å². The summed E-state index contributed by atoms with van der Waals surface area (Å²) in [6.45, 7) is 7.62. The summed E-state index contributed by atoms with van der Waals surface area (Å²) in [5.41, 5.74) is 1.13. The Labute approximate surface area is 124 Å². The van der Waals surface area contributed by atoms with Gasteiger partial charge in [-0.2, -0.15) is 0 Å². The molecular formula is C14H23N3O2S. The van der Waals surface area contributed by atoms with E-state index in [1.807, 2.05) is 0 Å². The first-order valence-electron chi connectivity index (χ1n) is 7.22. The summed E-state index contributed by atoms with van der Waals surface area (Å²) in [6.07, 6.45) is 1.30. The van der Waals surface area contributed by atoms with Gasteiger partial charge >= 0.3 is 0 Å². The van der Waals surface area contributed by atoms with Crippen LogP contribution in [-0.4, -0.2) is 58.1 Å². The molecule has 1 amide bonds. The minimum absolute atomic E-state index is 0.163. The minimum atomic E-state index is -0.892. The second-order valence-corrected chi connectivity index (χ2v) is 6.20. The average molecular weight is 297 g/mol. The minimum Gasteiger partial charge on any atom is -0.384 e. The first kappa shape index (κ1) is 15.4. The third kappa shape index (κ3) is 4.01. The summed E-state index contributed by atoms with van der Waals surface area (Å²) in [6, 6.07) is 0. The van der Waals surface area contributed by atoms with Crippen molar-refractivity contribution >= 4 is 17.2 Å². The molecule has 1 aromatic rings. The molecule has 1 aromatic heterocycles. The number of amides is 1. The Hall–Kier alpha value is -0.980. The van der Waals surface area contributed by atoms with E-state index in [2.05, 4.69) is 22.2 Å². The quantitative estimate of drug-likeness (QED) is 0.885. The van der Waals surface area contributed by atoms with Crippen molar-refractivity contribution in [2.75, 3.05) is 26.2 Å². The topological polar surface area (TPSA) is 56.7 Å².